The van der Waals surface area contributed by atoms with Crippen LogP contribution in [0.2, 0.25) is 0 Å². The zero-order valence-corrected chi connectivity index (χ0v) is 17.6. The van der Waals surface area contributed by atoms with Crippen molar-refractivity contribution in [3.63, 3.8) is 0 Å². The predicted molar refractivity (Wildman–Crippen MR) is 121 cm³/mol. The van der Waals surface area contributed by atoms with E-state index in [2.05, 4.69) is 0 Å². The van der Waals surface area contributed by atoms with E-state index in [1.54, 1.807) is 30.3 Å². The number of hydrogen-bond donors (Lipinski definition) is 0. The molecule has 1 aliphatic rings. The number of benzene rings is 3. The zero-order chi connectivity index (χ0) is 22.9. The summed E-state index contributed by atoms with van der Waals surface area (Å²) in [5, 5.41) is 2.61. The summed E-state index contributed by atoms with van der Waals surface area (Å²) >= 11 is 0. The molecule has 7 heteroatoms. The van der Waals surface area contributed by atoms with Crippen LogP contribution in [-0.2, 0) is 16.1 Å². The fourth-order valence-corrected chi connectivity index (χ4v) is 4.19. The molecule has 0 unspecified atom stereocenters. The zero-order valence-electron chi connectivity index (χ0n) is 17.6. The van der Waals surface area contributed by atoms with Crippen molar-refractivity contribution in [2.24, 2.45) is 0 Å². The number of fused-ring (bicyclic) bond motifs is 4. The molecular formula is C26H19NO6. The van der Waals surface area contributed by atoms with Gasteiger partial charge in [0.05, 0.1) is 11.1 Å². The second-order valence-electron chi connectivity index (χ2n) is 7.82. The van der Waals surface area contributed by atoms with Crippen LogP contribution in [-0.4, -0.2) is 29.2 Å². The lowest BCUT2D eigenvalue weighted by Gasteiger charge is -2.13. The van der Waals surface area contributed by atoms with Crippen molar-refractivity contribution < 1.29 is 23.5 Å². The largest absolute Gasteiger partial charge is 0.461 e. The van der Waals surface area contributed by atoms with Gasteiger partial charge in [-0.15, -0.1) is 0 Å². The molecule has 0 radical (unpaired) electrons. The molecule has 0 aliphatic carbocycles. The second-order valence-corrected chi connectivity index (χ2v) is 7.82. The first kappa shape index (κ1) is 20.6. The van der Waals surface area contributed by atoms with E-state index in [1.165, 1.54) is 6.07 Å². The highest BCUT2D eigenvalue weighted by Crippen LogP contribution is 2.28. The van der Waals surface area contributed by atoms with E-state index >= 15 is 0 Å². The standard InChI is InChI=1S/C26H19NO6/c28-22(10-5-13-27-25(30)19-8-3-4-9-20(19)26(27)31)32-15-17-14-23(29)33-21-12-11-16-6-1-2-7-18(16)24(17)21/h1-4,6-9,11-12,14H,5,10,13,15H2. The van der Waals surface area contributed by atoms with E-state index in [9.17, 15) is 19.2 Å². The highest BCUT2D eigenvalue weighted by molar-refractivity contribution is 6.21. The molecule has 3 aromatic carbocycles. The third kappa shape index (κ3) is 3.78. The second kappa shape index (κ2) is 8.35. The molecule has 1 aliphatic heterocycles. The van der Waals surface area contributed by atoms with Gasteiger partial charge in [0, 0.05) is 30.0 Å². The number of esters is 1. The Labute approximate surface area is 188 Å². The summed E-state index contributed by atoms with van der Waals surface area (Å²) in [5.41, 5.74) is 1.23. The molecule has 0 atom stereocenters. The maximum absolute atomic E-state index is 12.4. The van der Waals surface area contributed by atoms with E-state index in [0.29, 0.717) is 22.3 Å². The summed E-state index contributed by atoms with van der Waals surface area (Å²) in [4.78, 5) is 50.3. The molecule has 164 valence electrons. The van der Waals surface area contributed by atoms with Gasteiger partial charge < -0.3 is 9.15 Å². The van der Waals surface area contributed by atoms with Gasteiger partial charge in [0.15, 0.2) is 0 Å². The molecule has 1 aromatic heterocycles. The Balaban J connectivity index is 1.25. The number of imide groups is 1. The molecule has 0 spiro atoms. The number of carbonyl (C=O) groups is 3. The van der Waals surface area contributed by atoms with E-state index in [0.717, 1.165) is 21.1 Å². The number of hydrogen-bond acceptors (Lipinski definition) is 6. The summed E-state index contributed by atoms with van der Waals surface area (Å²) in [7, 11) is 0. The molecule has 0 saturated carbocycles. The summed E-state index contributed by atoms with van der Waals surface area (Å²) in [6.07, 6.45) is 0.318. The van der Waals surface area contributed by atoms with Gasteiger partial charge >= 0.3 is 11.6 Å². The van der Waals surface area contributed by atoms with Crippen molar-refractivity contribution in [2.45, 2.75) is 19.4 Å². The van der Waals surface area contributed by atoms with Crippen LogP contribution in [0, 0.1) is 0 Å². The first-order valence-electron chi connectivity index (χ1n) is 10.6. The van der Waals surface area contributed by atoms with Crippen LogP contribution in [0.15, 0.2) is 75.9 Å². The molecule has 2 amide bonds. The Hall–Kier alpha value is -4.26. The van der Waals surface area contributed by atoms with Gasteiger partial charge in [-0.3, -0.25) is 19.3 Å². The highest BCUT2D eigenvalue weighted by Gasteiger charge is 2.34. The Morgan fingerprint density at radius 3 is 2.33 bits per heavy atom. The number of carbonyl (C=O) groups excluding carboxylic acids is 3. The Morgan fingerprint density at radius 2 is 1.58 bits per heavy atom. The van der Waals surface area contributed by atoms with Crippen LogP contribution in [0.5, 0.6) is 0 Å². The van der Waals surface area contributed by atoms with Gasteiger partial charge in [0.2, 0.25) is 0 Å². The summed E-state index contributed by atoms with van der Waals surface area (Å²) in [6, 6.07) is 19.3. The molecule has 5 rings (SSSR count). The van der Waals surface area contributed by atoms with Crippen LogP contribution in [0.25, 0.3) is 21.7 Å². The van der Waals surface area contributed by atoms with Crippen LogP contribution in [0.4, 0.5) is 0 Å². The Morgan fingerprint density at radius 1 is 0.879 bits per heavy atom. The van der Waals surface area contributed by atoms with Gasteiger partial charge in [0.1, 0.15) is 12.2 Å². The van der Waals surface area contributed by atoms with Crippen LogP contribution >= 0.6 is 0 Å². The minimum absolute atomic E-state index is 0.0352. The average molecular weight is 441 g/mol. The topological polar surface area (TPSA) is 93.9 Å². The predicted octanol–water partition coefficient (Wildman–Crippen LogP) is 4.07. The highest BCUT2D eigenvalue weighted by atomic mass is 16.5. The number of nitrogens with zero attached hydrogens (tertiary/aromatic N) is 1. The van der Waals surface area contributed by atoms with E-state index < -0.39 is 11.6 Å². The smallest absolute Gasteiger partial charge is 0.336 e. The molecule has 33 heavy (non-hydrogen) atoms. The molecule has 2 heterocycles. The maximum Gasteiger partial charge on any atom is 0.336 e. The van der Waals surface area contributed by atoms with Gasteiger partial charge in [-0.1, -0.05) is 42.5 Å². The number of ether oxygens (including phenoxy) is 1. The monoisotopic (exact) mass is 441 g/mol. The SMILES string of the molecule is O=C(CCCN1C(=O)c2ccccc2C1=O)OCc1cc(=O)oc2ccc3ccccc3c12. The van der Waals surface area contributed by atoms with Crippen molar-refractivity contribution in [1.82, 2.24) is 4.90 Å². The summed E-state index contributed by atoms with van der Waals surface area (Å²) in [5.74, 6) is -1.18. The minimum atomic E-state index is -0.519. The van der Waals surface area contributed by atoms with Crippen molar-refractivity contribution in [2.75, 3.05) is 6.54 Å². The quantitative estimate of drug-likeness (QED) is 0.194. The Bertz CT molecular complexity index is 1450. The number of rotatable bonds is 6. The average Bonchev–Trinajstić information content (AvgIpc) is 3.07. The molecule has 0 saturated heterocycles. The molecular weight excluding hydrogens is 422 g/mol. The normalized spacial score (nSPS) is 13.0. The van der Waals surface area contributed by atoms with Gasteiger partial charge in [-0.2, -0.15) is 0 Å². The molecule has 0 N–H and O–H groups in total. The van der Waals surface area contributed by atoms with Gasteiger partial charge in [0.25, 0.3) is 11.8 Å². The van der Waals surface area contributed by atoms with Crippen molar-refractivity contribution in [3.05, 3.63) is 93.8 Å². The molecule has 0 fully saturated rings. The molecule has 7 nitrogen and oxygen atoms in total. The fourth-order valence-electron chi connectivity index (χ4n) is 4.19. The molecule has 0 bridgehead atoms. The maximum atomic E-state index is 12.4. The lowest BCUT2D eigenvalue weighted by molar-refractivity contribution is -0.145. The minimum Gasteiger partial charge on any atom is -0.461 e. The van der Waals surface area contributed by atoms with E-state index in [-0.39, 0.29) is 37.8 Å². The van der Waals surface area contributed by atoms with E-state index in [1.807, 2.05) is 30.3 Å². The van der Waals surface area contributed by atoms with Crippen LogP contribution < -0.4 is 5.63 Å². The third-order valence-electron chi connectivity index (χ3n) is 5.74. The first-order valence-corrected chi connectivity index (χ1v) is 10.6. The van der Waals surface area contributed by atoms with Crippen molar-refractivity contribution >= 4 is 39.5 Å². The van der Waals surface area contributed by atoms with Crippen LogP contribution in [0.3, 0.4) is 0 Å². The van der Waals surface area contributed by atoms with Crippen molar-refractivity contribution in [3.8, 4) is 0 Å². The summed E-state index contributed by atoms with van der Waals surface area (Å²) in [6.45, 7) is 0.0475. The Kier molecular flexibility index (Phi) is 5.22. The third-order valence-corrected chi connectivity index (χ3v) is 5.74. The van der Waals surface area contributed by atoms with Gasteiger partial charge in [-0.25, -0.2) is 4.79 Å². The number of amides is 2. The fraction of sp³-hybridized carbons (Fsp3) is 0.154. The van der Waals surface area contributed by atoms with Crippen LogP contribution in [0.1, 0.15) is 39.1 Å². The molecule has 4 aromatic rings. The lowest BCUT2D eigenvalue weighted by Crippen LogP contribution is -2.31. The summed E-state index contributed by atoms with van der Waals surface area (Å²) < 4.78 is 10.7. The van der Waals surface area contributed by atoms with Gasteiger partial charge in [-0.05, 0) is 35.4 Å². The van der Waals surface area contributed by atoms with Crippen molar-refractivity contribution in [1.29, 1.82) is 0 Å². The first-order chi connectivity index (χ1) is 16.0. The van der Waals surface area contributed by atoms with E-state index in [4.69, 9.17) is 9.15 Å². The lowest BCUT2D eigenvalue weighted by atomic mass is 10.0.